The van der Waals surface area contributed by atoms with E-state index in [2.05, 4.69) is 19.0 Å². The summed E-state index contributed by atoms with van der Waals surface area (Å²) in [5, 5.41) is 12.2. The molecule has 0 heterocycles. The van der Waals surface area contributed by atoms with Crippen LogP contribution in [0.4, 0.5) is 0 Å². The Morgan fingerprint density at radius 3 is 2.75 bits per heavy atom. The van der Waals surface area contributed by atoms with E-state index < -0.39 is 0 Å². The molecule has 6 heteroatoms. The number of nitrogens with two attached hydrogens (primary N) is 1. The molecular weight excluding hydrogens is 280 g/mol. The van der Waals surface area contributed by atoms with Crippen molar-refractivity contribution in [3.8, 4) is 5.75 Å². The Bertz CT molecular complexity index is 450. The van der Waals surface area contributed by atoms with Gasteiger partial charge in [-0.15, -0.1) is 0 Å². The average molecular weight is 301 g/mol. The van der Waals surface area contributed by atoms with E-state index in [-0.39, 0.29) is 5.84 Å². The van der Waals surface area contributed by atoms with Crippen LogP contribution in [0, 0.1) is 5.92 Å². The number of halogens is 1. The first-order chi connectivity index (χ1) is 9.54. The van der Waals surface area contributed by atoms with Crippen LogP contribution in [0.15, 0.2) is 23.4 Å². The molecule has 3 N–H and O–H groups in total. The van der Waals surface area contributed by atoms with Crippen molar-refractivity contribution in [1.82, 2.24) is 0 Å². The van der Waals surface area contributed by atoms with Gasteiger partial charge in [0.25, 0.3) is 0 Å². The minimum absolute atomic E-state index is 0.0163. The summed E-state index contributed by atoms with van der Waals surface area (Å²) in [7, 11) is 0. The second-order valence-corrected chi connectivity index (χ2v) is 5.21. The number of hydrogen-bond donors (Lipinski definition) is 2. The molecule has 5 nitrogen and oxygen atoms in total. The lowest BCUT2D eigenvalue weighted by molar-refractivity contribution is 0.0925. The lowest BCUT2D eigenvalue weighted by atomic mass is 10.1. The minimum atomic E-state index is -0.0163. The molecule has 1 aromatic carbocycles. The predicted molar refractivity (Wildman–Crippen MR) is 79.7 cm³/mol. The molecule has 0 unspecified atom stereocenters. The van der Waals surface area contributed by atoms with Crippen molar-refractivity contribution >= 4 is 17.4 Å². The van der Waals surface area contributed by atoms with Gasteiger partial charge >= 0.3 is 0 Å². The normalized spacial score (nSPS) is 11.9. The largest absolute Gasteiger partial charge is 0.490 e. The zero-order valence-corrected chi connectivity index (χ0v) is 12.6. The van der Waals surface area contributed by atoms with Crippen LogP contribution in [0.25, 0.3) is 0 Å². The van der Waals surface area contributed by atoms with Crippen LogP contribution in [0.1, 0.15) is 25.8 Å². The number of benzene rings is 1. The van der Waals surface area contributed by atoms with Gasteiger partial charge in [0.15, 0.2) is 5.84 Å². The molecule has 0 aliphatic carbocycles. The van der Waals surface area contributed by atoms with E-state index in [0.29, 0.717) is 42.1 Å². The van der Waals surface area contributed by atoms with Crippen LogP contribution in [-0.2, 0) is 4.74 Å². The third-order valence-electron chi connectivity index (χ3n) is 2.65. The smallest absolute Gasteiger partial charge is 0.173 e. The van der Waals surface area contributed by atoms with Gasteiger partial charge in [-0.2, -0.15) is 0 Å². The van der Waals surface area contributed by atoms with Crippen LogP contribution >= 0.6 is 11.6 Å². The van der Waals surface area contributed by atoms with Crippen LogP contribution < -0.4 is 10.5 Å². The fraction of sp³-hybridized carbons (Fsp3) is 0.500. The fourth-order valence-corrected chi connectivity index (χ4v) is 1.67. The van der Waals surface area contributed by atoms with Gasteiger partial charge in [0, 0.05) is 11.6 Å². The van der Waals surface area contributed by atoms with E-state index >= 15 is 0 Å². The summed E-state index contributed by atoms with van der Waals surface area (Å²) in [5.74, 6) is 1.08. The molecule has 0 aliphatic rings. The molecule has 0 spiro atoms. The van der Waals surface area contributed by atoms with Gasteiger partial charge in [-0.1, -0.05) is 30.6 Å². The molecule has 0 saturated heterocycles. The predicted octanol–water partition coefficient (Wildman–Crippen LogP) is 2.88. The lowest BCUT2D eigenvalue weighted by Crippen LogP contribution is -2.16. The van der Waals surface area contributed by atoms with Crippen molar-refractivity contribution in [3.63, 3.8) is 0 Å². The van der Waals surface area contributed by atoms with Gasteiger partial charge in [0.05, 0.1) is 12.2 Å². The Balaban J connectivity index is 2.48. The van der Waals surface area contributed by atoms with Crippen LogP contribution in [-0.4, -0.2) is 30.9 Å². The summed E-state index contributed by atoms with van der Waals surface area (Å²) in [4.78, 5) is 0. The Morgan fingerprint density at radius 2 is 2.10 bits per heavy atom. The maximum Gasteiger partial charge on any atom is 0.173 e. The van der Waals surface area contributed by atoms with Crippen LogP contribution in [0.5, 0.6) is 5.75 Å². The van der Waals surface area contributed by atoms with E-state index in [9.17, 15) is 0 Å². The zero-order chi connectivity index (χ0) is 15.0. The number of rotatable bonds is 8. The monoisotopic (exact) mass is 300 g/mol. The lowest BCUT2D eigenvalue weighted by Gasteiger charge is -2.11. The number of oxime groups is 1. The van der Waals surface area contributed by atoms with E-state index in [1.165, 1.54) is 0 Å². The Hall–Kier alpha value is -1.46. The highest BCUT2D eigenvalue weighted by Gasteiger charge is 2.09. The molecule has 0 aliphatic heterocycles. The molecule has 112 valence electrons. The highest BCUT2D eigenvalue weighted by Crippen LogP contribution is 2.23. The van der Waals surface area contributed by atoms with Gasteiger partial charge < -0.3 is 20.4 Å². The summed E-state index contributed by atoms with van der Waals surface area (Å²) in [5.41, 5.74) is 6.08. The molecule has 0 bridgehead atoms. The van der Waals surface area contributed by atoms with Crippen LogP contribution in [0.3, 0.4) is 0 Å². The molecule has 0 amide bonds. The van der Waals surface area contributed by atoms with E-state index in [1.54, 1.807) is 18.2 Å². The summed E-state index contributed by atoms with van der Waals surface area (Å²) in [6.45, 7) is 5.87. The third kappa shape index (κ3) is 5.67. The standard InChI is InChI=1S/C14H21ClN2O3/c1-10(2)5-6-19-7-8-20-13-9-11(15)3-4-12(13)14(16)17-18/h3-4,9-10,18H,5-8H2,1-2H3,(H2,16,17). The number of amidine groups is 1. The Labute approximate surface area is 124 Å². The summed E-state index contributed by atoms with van der Waals surface area (Å²) in [6.07, 6.45) is 1.02. The first-order valence-corrected chi connectivity index (χ1v) is 6.90. The van der Waals surface area contributed by atoms with Crippen molar-refractivity contribution in [2.24, 2.45) is 16.8 Å². The Kier molecular flexibility index (Phi) is 7.18. The summed E-state index contributed by atoms with van der Waals surface area (Å²) in [6, 6.07) is 4.93. The van der Waals surface area contributed by atoms with Crippen molar-refractivity contribution in [2.45, 2.75) is 20.3 Å². The van der Waals surface area contributed by atoms with Gasteiger partial charge in [0.2, 0.25) is 0 Å². The molecule has 1 rings (SSSR count). The van der Waals surface area contributed by atoms with Crippen molar-refractivity contribution in [2.75, 3.05) is 19.8 Å². The first kappa shape index (κ1) is 16.6. The van der Waals surface area contributed by atoms with E-state index in [1.807, 2.05) is 0 Å². The molecule has 1 aromatic rings. The van der Waals surface area contributed by atoms with Gasteiger partial charge in [-0.3, -0.25) is 0 Å². The van der Waals surface area contributed by atoms with E-state index in [0.717, 1.165) is 6.42 Å². The summed E-state index contributed by atoms with van der Waals surface area (Å²) < 4.78 is 11.0. The highest BCUT2D eigenvalue weighted by molar-refractivity contribution is 6.30. The maximum atomic E-state index is 8.73. The fourth-order valence-electron chi connectivity index (χ4n) is 1.51. The third-order valence-corrected chi connectivity index (χ3v) is 2.89. The SMILES string of the molecule is CC(C)CCOCCOc1cc(Cl)ccc1/C(N)=N/O. The molecule has 0 atom stereocenters. The number of nitrogens with zero attached hydrogens (tertiary/aromatic N) is 1. The zero-order valence-electron chi connectivity index (χ0n) is 11.8. The summed E-state index contributed by atoms with van der Waals surface area (Å²) >= 11 is 5.91. The highest BCUT2D eigenvalue weighted by atomic mass is 35.5. The molecule has 20 heavy (non-hydrogen) atoms. The topological polar surface area (TPSA) is 77.1 Å². The second-order valence-electron chi connectivity index (χ2n) is 4.77. The molecular formula is C14H21ClN2O3. The molecule has 0 saturated carbocycles. The van der Waals surface area contributed by atoms with Gasteiger partial charge in [0.1, 0.15) is 12.4 Å². The van der Waals surface area contributed by atoms with Gasteiger partial charge in [-0.05, 0) is 30.5 Å². The number of ether oxygens (including phenoxy) is 2. The number of hydrogen-bond acceptors (Lipinski definition) is 4. The van der Waals surface area contributed by atoms with Crippen molar-refractivity contribution in [1.29, 1.82) is 0 Å². The van der Waals surface area contributed by atoms with Crippen molar-refractivity contribution < 1.29 is 14.7 Å². The first-order valence-electron chi connectivity index (χ1n) is 6.52. The molecule has 0 fully saturated rings. The molecule has 0 aromatic heterocycles. The Morgan fingerprint density at radius 1 is 1.35 bits per heavy atom. The minimum Gasteiger partial charge on any atom is -0.490 e. The van der Waals surface area contributed by atoms with E-state index in [4.69, 9.17) is 32.0 Å². The van der Waals surface area contributed by atoms with Crippen molar-refractivity contribution in [3.05, 3.63) is 28.8 Å². The second kappa shape index (κ2) is 8.66. The average Bonchev–Trinajstić information content (AvgIpc) is 2.41. The maximum absolute atomic E-state index is 8.73. The molecule has 0 radical (unpaired) electrons. The van der Waals surface area contributed by atoms with Crippen LogP contribution in [0.2, 0.25) is 5.02 Å². The quantitative estimate of drug-likeness (QED) is 0.254. The van der Waals surface area contributed by atoms with Gasteiger partial charge in [-0.25, -0.2) is 0 Å².